The predicted octanol–water partition coefficient (Wildman–Crippen LogP) is 2.14. The molecule has 0 spiro atoms. The van der Waals surface area contributed by atoms with Gasteiger partial charge in [-0.1, -0.05) is 24.9 Å². The van der Waals surface area contributed by atoms with Gasteiger partial charge in [0.1, 0.15) is 0 Å². The summed E-state index contributed by atoms with van der Waals surface area (Å²) in [4.78, 5) is 4.35. The minimum Gasteiger partial charge on any atom is -0.338 e. The second-order valence-electron chi connectivity index (χ2n) is 4.01. The van der Waals surface area contributed by atoms with Crippen molar-refractivity contribution < 1.29 is 4.52 Å². The molecule has 2 N–H and O–H groups in total. The van der Waals surface area contributed by atoms with Crippen LogP contribution < -0.4 is 5.73 Å². The highest BCUT2D eigenvalue weighted by Gasteiger charge is 2.25. The standard InChI is InChI=1S/C10H17N3O/c1-2-4-8(11)10-12-9(13-14-10)7-5-3-6-7/h7-8H,2-6,11H2,1H3. The highest BCUT2D eigenvalue weighted by Crippen LogP contribution is 2.34. The molecule has 0 aromatic carbocycles. The lowest BCUT2D eigenvalue weighted by atomic mass is 9.85. The Morgan fingerprint density at radius 2 is 2.36 bits per heavy atom. The molecule has 2 rings (SSSR count). The van der Waals surface area contributed by atoms with E-state index in [-0.39, 0.29) is 6.04 Å². The van der Waals surface area contributed by atoms with E-state index >= 15 is 0 Å². The first kappa shape index (κ1) is 9.65. The molecule has 1 unspecified atom stereocenters. The Labute approximate surface area is 83.9 Å². The van der Waals surface area contributed by atoms with Gasteiger partial charge in [0, 0.05) is 5.92 Å². The average molecular weight is 195 g/mol. The summed E-state index contributed by atoms with van der Waals surface area (Å²) in [6, 6.07) is -0.0821. The van der Waals surface area contributed by atoms with Crippen molar-refractivity contribution in [3.05, 3.63) is 11.7 Å². The molecule has 1 aromatic rings. The SMILES string of the molecule is CCCC(N)c1nc(C2CCC2)no1. The molecule has 0 aliphatic heterocycles. The first-order valence-corrected chi connectivity index (χ1v) is 5.40. The van der Waals surface area contributed by atoms with E-state index in [1.54, 1.807) is 0 Å². The van der Waals surface area contributed by atoms with Crippen LogP contribution in [0.2, 0.25) is 0 Å². The normalized spacial score (nSPS) is 19.3. The molecular formula is C10H17N3O. The van der Waals surface area contributed by atoms with Crippen molar-refractivity contribution in [3.8, 4) is 0 Å². The van der Waals surface area contributed by atoms with Gasteiger partial charge >= 0.3 is 0 Å². The summed E-state index contributed by atoms with van der Waals surface area (Å²) in [6.45, 7) is 2.10. The van der Waals surface area contributed by atoms with Gasteiger partial charge in [-0.2, -0.15) is 4.98 Å². The Kier molecular flexibility index (Phi) is 2.82. The monoisotopic (exact) mass is 195 g/mol. The average Bonchev–Trinajstić information content (AvgIpc) is 2.50. The van der Waals surface area contributed by atoms with Crippen LogP contribution in [0.15, 0.2) is 4.52 Å². The van der Waals surface area contributed by atoms with Gasteiger partial charge in [-0.25, -0.2) is 0 Å². The van der Waals surface area contributed by atoms with Crippen molar-refractivity contribution in [2.45, 2.75) is 51.0 Å². The highest BCUT2D eigenvalue weighted by atomic mass is 16.5. The molecule has 0 saturated heterocycles. The molecule has 4 nitrogen and oxygen atoms in total. The zero-order chi connectivity index (χ0) is 9.97. The van der Waals surface area contributed by atoms with Crippen molar-refractivity contribution in [2.75, 3.05) is 0 Å². The van der Waals surface area contributed by atoms with E-state index in [1.807, 2.05) is 0 Å². The summed E-state index contributed by atoms with van der Waals surface area (Å²) in [6.07, 6.45) is 5.63. The van der Waals surface area contributed by atoms with E-state index in [0.717, 1.165) is 18.7 Å². The van der Waals surface area contributed by atoms with E-state index in [1.165, 1.54) is 19.3 Å². The quantitative estimate of drug-likeness (QED) is 0.799. The third-order valence-electron chi connectivity index (χ3n) is 2.84. The van der Waals surface area contributed by atoms with Gasteiger partial charge in [-0.05, 0) is 19.3 Å². The molecule has 1 aromatic heterocycles. The van der Waals surface area contributed by atoms with Crippen molar-refractivity contribution in [3.63, 3.8) is 0 Å². The van der Waals surface area contributed by atoms with Gasteiger partial charge in [0.05, 0.1) is 6.04 Å². The minimum absolute atomic E-state index is 0.0821. The summed E-state index contributed by atoms with van der Waals surface area (Å²) in [5, 5.41) is 3.98. The maximum Gasteiger partial charge on any atom is 0.243 e. The van der Waals surface area contributed by atoms with E-state index < -0.39 is 0 Å². The largest absolute Gasteiger partial charge is 0.338 e. The fraction of sp³-hybridized carbons (Fsp3) is 0.800. The van der Waals surface area contributed by atoms with Gasteiger partial charge in [-0.15, -0.1) is 0 Å². The number of hydrogen-bond donors (Lipinski definition) is 1. The summed E-state index contributed by atoms with van der Waals surface area (Å²) in [5.74, 6) is 1.99. The lowest BCUT2D eigenvalue weighted by Gasteiger charge is -2.21. The van der Waals surface area contributed by atoms with E-state index in [4.69, 9.17) is 10.3 Å². The zero-order valence-electron chi connectivity index (χ0n) is 8.57. The van der Waals surface area contributed by atoms with Gasteiger partial charge < -0.3 is 10.3 Å². The van der Waals surface area contributed by atoms with Gasteiger partial charge in [0.2, 0.25) is 5.89 Å². The van der Waals surface area contributed by atoms with Crippen LogP contribution in [-0.2, 0) is 0 Å². The van der Waals surface area contributed by atoms with Crippen LogP contribution in [0, 0.1) is 0 Å². The third kappa shape index (κ3) is 1.80. The molecule has 1 fully saturated rings. The molecule has 1 aliphatic carbocycles. The molecule has 4 heteroatoms. The lowest BCUT2D eigenvalue weighted by Crippen LogP contribution is -2.12. The molecule has 0 bridgehead atoms. The molecule has 1 aliphatic rings. The summed E-state index contributed by atoms with van der Waals surface area (Å²) in [7, 11) is 0. The van der Waals surface area contributed by atoms with E-state index in [9.17, 15) is 0 Å². The Hall–Kier alpha value is -0.900. The van der Waals surface area contributed by atoms with Gasteiger partial charge in [0.15, 0.2) is 5.82 Å². The van der Waals surface area contributed by atoms with Crippen molar-refractivity contribution in [2.24, 2.45) is 5.73 Å². The maximum absolute atomic E-state index is 5.88. The molecule has 0 amide bonds. The minimum atomic E-state index is -0.0821. The summed E-state index contributed by atoms with van der Waals surface area (Å²) >= 11 is 0. The van der Waals surface area contributed by atoms with Crippen LogP contribution >= 0.6 is 0 Å². The zero-order valence-corrected chi connectivity index (χ0v) is 8.57. The molecule has 14 heavy (non-hydrogen) atoms. The first-order valence-electron chi connectivity index (χ1n) is 5.40. The second-order valence-corrected chi connectivity index (χ2v) is 4.01. The lowest BCUT2D eigenvalue weighted by molar-refractivity contribution is 0.330. The predicted molar refractivity (Wildman–Crippen MR) is 52.7 cm³/mol. The van der Waals surface area contributed by atoms with Crippen molar-refractivity contribution >= 4 is 0 Å². The maximum atomic E-state index is 5.88. The molecule has 1 saturated carbocycles. The van der Waals surface area contributed by atoms with Gasteiger partial charge in [-0.3, -0.25) is 0 Å². The number of aromatic nitrogens is 2. The van der Waals surface area contributed by atoms with E-state index in [2.05, 4.69) is 17.1 Å². The van der Waals surface area contributed by atoms with Crippen LogP contribution in [0.3, 0.4) is 0 Å². The number of hydrogen-bond acceptors (Lipinski definition) is 4. The smallest absolute Gasteiger partial charge is 0.243 e. The van der Waals surface area contributed by atoms with Crippen molar-refractivity contribution in [1.29, 1.82) is 0 Å². The number of nitrogens with two attached hydrogens (primary N) is 1. The third-order valence-corrected chi connectivity index (χ3v) is 2.84. The second kappa shape index (κ2) is 4.09. The molecular weight excluding hydrogens is 178 g/mol. The Morgan fingerprint density at radius 3 is 2.93 bits per heavy atom. The van der Waals surface area contributed by atoms with Crippen molar-refractivity contribution in [1.82, 2.24) is 10.1 Å². The number of nitrogens with zero attached hydrogens (tertiary/aromatic N) is 2. The Morgan fingerprint density at radius 1 is 1.57 bits per heavy atom. The summed E-state index contributed by atoms with van der Waals surface area (Å²) in [5.41, 5.74) is 5.88. The Bertz CT molecular complexity index is 293. The topological polar surface area (TPSA) is 64.9 Å². The Balaban J connectivity index is 2.01. The highest BCUT2D eigenvalue weighted by molar-refractivity contribution is 5.01. The molecule has 78 valence electrons. The van der Waals surface area contributed by atoms with Crippen LogP contribution in [0.4, 0.5) is 0 Å². The van der Waals surface area contributed by atoms with E-state index in [0.29, 0.717) is 11.8 Å². The molecule has 0 radical (unpaired) electrons. The van der Waals surface area contributed by atoms with Crippen LogP contribution in [0.5, 0.6) is 0 Å². The first-order chi connectivity index (χ1) is 6.81. The molecule has 1 heterocycles. The fourth-order valence-corrected chi connectivity index (χ4v) is 1.66. The van der Waals surface area contributed by atoms with Crippen LogP contribution in [-0.4, -0.2) is 10.1 Å². The van der Waals surface area contributed by atoms with Crippen LogP contribution in [0.25, 0.3) is 0 Å². The number of rotatable bonds is 4. The van der Waals surface area contributed by atoms with Crippen LogP contribution in [0.1, 0.15) is 62.7 Å². The molecule has 1 atom stereocenters. The fourth-order valence-electron chi connectivity index (χ4n) is 1.66. The summed E-state index contributed by atoms with van der Waals surface area (Å²) < 4.78 is 5.15. The van der Waals surface area contributed by atoms with Gasteiger partial charge in [0.25, 0.3) is 0 Å².